The van der Waals surface area contributed by atoms with Crippen molar-refractivity contribution in [2.45, 2.75) is 26.3 Å². The molecule has 25 heavy (non-hydrogen) atoms. The van der Waals surface area contributed by atoms with Gasteiger partial charge in [0.05, 0.1) is 21.7 Å². The largest absolute Gasteiger partial charge is 0.290 e. The fourth-order valence-electron chi connectivity index (χ4n) is 2.53. The number of aromatic nitrogens is 3. The molecule has 0 fully saturated rings. The van der Waals surface area contributed by atoms with E-state index in [0.717, 1.165) is 16.4 Å². The summed E-state index contributed by atoms with van der Waals surface area (Å²) in [5.41, 5.74) is 1.84. The average Bonchev–Trinajstić information content (AvgIpc) is 3.02. The molecule has 3 aromatic rings. The zero-order valence-electron chi connectivity index (χ0n) is 13.8. The molecule has 1 unspecified atom stereocenters. The van der Waals surface area contributed by atoms with Crippen molar-refractivity contribution in [3.8, 4) is 6.07 Å². The minimum atomic E-state index is -0.137. The van der Waals surface area contributed by atoms with Crippen molar-refractivity contribution in [3.63, 3.8) is 0 Å². The van der Waals surface area contributed by atoms with Gasteiger partial charge in [0.2, 0.25) is 0 Å². The van der Waals surface area contributed by atoms with E-state index in [1.54, 1.807) is 46.1 Å². The summed E-state index contributed by atoms with van der Waals surface area (Å²) >= 11 is 3.44. The molecule has 1 atom stereocenters. The van der Waals surface area contributed by atoms with E-state index in [0.29, 0.717) is 16.9 Å². The number of halogens is 1. The van der Waals surface area contributed by atoms with Crippen molar-refractivity contribution in [1.82, 2.24) is 14.6 Å². The molecule has 0 bridgehead atoms. The molecule has 0 aliphatic heterocycles. The van der Waals surface area contributed by atoms with Crippen LogP contribution in [0.5, 0.6) is 0 Å². The molecule has 0 spiro atoms. The van der Waals surface area contributed by atoms with Crippen LogP contribution in [-0.4, -0.2) is 26.5 Å². The zero-order chi connectivity index (χ0) is 18.0. The van der Waals surface area contributed by atoms with E-state index < -0.39 is 0 Å². The Bertz CT molecular complexity index is 958. The first-order chi connectivity index (χ1) is 12.0. The third-order valence-electron chi connectivity index (χ3n) is 4.10. The lowest BCUT2D eigenvalue weighted by molar-refractivity contribution is 0.0977. The molecule has 7 heteroatoms. The highest BCUT2D eigenvalue weighted by atomic mass is 79.9. The van der Waals surface area contributed by atoms with E-state index in [1.165, 1.54) is 6.20 Å². The van der Waals surface area contributed by atoms with Crippen molar-refractivity contribution in [2.75, 3.05) is 4.90 Å². The summed E-state index contributed by atoms with van der Waals surface area (Å²) in [6.45, 7) is 4.00. The Kier molecular flexibility index (Phi) is 4.81. The van der Waals surface area contributed by atoms with Crippen LogP contribution in [0.3, 0.4) is 0 Å². The quantitative estimate of drug-likeness (QED) is 0.670. The van der Waals surface area contributed by atoms with Gasteiger partial charge in [0.25, 0.3) is 5.91 Å². The molecule has 6 nitrogen and oxygen atoms in total. The molecule has 0 N–H and O–H groups in total. The number of fused-ring (bicyclic) bond motifs is 1. The lowest BCUT2D eigenvalue weighted by Gasteiger charge is -2.27. The molecule has 0 saturated heterocycles. The molecule has 0 saturated carbocycles. The number of hydrogen-bond donors (Lipinski definition) is 0. The van der Waals surface area contributed by atoms with E-state index in [4.69, 9.17) is 5.26 Å². The molecule has 3 rings (SSSR count). The normalized spacial score (nSPS) is 11.9. The Morgan fingerprint density at radius 1 is 1.40 bits per heavy atom. The summed E-state index contributed by atoms with van der Waals surface area (Å²) in [5.74, 6) is 0.396. The number of hydrogen-bond acceptors (Lipinski definition) is 4. The minimum absolute atomic E-state index is 0.0301. The first-order valence-electron chi connectivity index (χ1n) is 7.87. The van der Waals surface area contributed by atoms with Crippen LogP contribution in [0.25, 0.3) is 5.52 Å². The highest BCUT2D eigenvalue weighted by Gasteiger charge is 2.24. The van der Waals surface area contributed by atoms with Gasteiger partial charge < -0.3 is 0 Å². The van der Waals surface area contributed by atoms with Gasteiger partial charge in [0.15, 0.2) is 0 Å². The van der Waals surface area contributed by atoms with Gasteiger partial charge >= 0.3 is 0 Å². The molecule has 126 valence electrons. The molecular formula is C18H16BrN5O. The Morgan fingerprint density at radius 2 is 2.20 bits per heavy atom. The van der Waals surface area contributed by atoms with Crippen LogP contribution < -0.4 is 4.90 Å². The van der Waals surface area contributed by atoms with Crippen LogP contribution in [0, 0.1) is 11.3 Å². The number of nitriles is 1. The predicted molar refractivity (Wildman–Crippen MR) is 98.4 cm³/mol. The van der Waals surface area contributed by atoms with Crippen LogP contribution in [0.15, 0.2) is 47.3 Å². The Labute approximate surface area is 153 Å². The molecule has 1 amide bonds. The molecule has 0 radical (unpaired) electrons. The van der Waals surface area contributed by atoms with Crippen LogP contribution in [0.4, 0.5) is 5.82 Å². The molecule has 0 aromatic carbocycles. The third-order valence-corrected chi connectivity index (χ3v) is 4.71. The van der Waals surface area contributed by atoms with Gasteiger partial charge in [0.1, 0.15) is 11.9 Å². The van der Waals surface area contributed by atoms with Crippen molar-refractivity contribution < 1.29 is 4.79 Å². The van der Waals surface area contributed by atoms with Crippen LogP contribution in [-0.2, 0) is 0 Å². The molecule has 0 aliphatic carbocycles. The number of anilines is 1. The fraction of sp³-hybridized carbons (Fsp3) is 0.222. The second-order valence-corrected chi connectivity index (χ2v) is 6.54. The summed E-state index contributed by atoms with van der Waals surface area (Å²) in [7, 11) is 0. The van der Waals surface area contributed by atoms with E-state index in [9.17, 15) is 4.79 Å². The summed E-state index contributed by atoms with van der Waals surface area (Å²) in [5, 5.41) is 13.1. The van der Waals surface area contributed by atoms with Crippen molar-refractivity contribution >= 4 is 33.2 Å². The second-order valence-electron chi connectivity index (χ2n) is 5.69. The fourth-order valence-corrected chi connectivity index (χ4v) is 2.92. The molecule has 3 aromatic heterocycles. The SMILES string of the molecule is CCC(C)N(C(=O)c1ccn2ncc(Br)c2c1)c1ccc(C#N)cn1. The second kappa shape index (κ2) is 7.03. The van der Waals surface area contributed by atoms with Gasteiger partial charge in [-0.15, -0.1) is 0 Å². The van der Waals surface area contributed by atoms with Crippen molar-refractivity contribution in [2.24, 2.45) is 0 Å². The lowest BCUT2D eigenvalue weighted by Crippen LogP contribution is -2.39. The highest BCUT2D eigenvalue weighted by molar-refractivity contribution is 9.10. The number of pyridine rings is 2. The predicted octanol–water partition coefficient (Wildman–Crippen LogP) is 3.81. The van der Waals surface area contributed by atoms with E-state index in [1.807, 2.05) is 19.9 Å². The lowest BCUT2D eigenvalue weighted by atomic mass is 10.1. The monoisotopic (exact) mass is 397 g/mol. The standard InChI is InChI=1S/C18H16BrN5O/c1-3-12(2)24(17-5-4-13(9-20)10-21-17)18(25)14-6-7-23-16(8-14)15(19)11-22-23/h4-8,10-12H,3H2,1-2H3. The van der Waals surface area contributed by atoms with E-state index in [2.05, 4.69) is 26.0 Å². The van der Waals surface area contributed by atoms with Crippen molar-refractivity contribution in [1.29, 1.82) is 5.26 Å². The zero-order valence-corrected chi connectivity index (χ0v) is 15.4. The van der Waals surface area contributed by atoms with Gasteiger partial charge in [-0.2, -0.15) is 10.4 Å². The van der Waals surface area contributed by atoms with Gasteiger partial charge in [0, 0.05) is 24.0 Å². The Morgan fingerprint density at radius 3 is 2.84 bits per heavy atom. The first kappa shape index (κ1) is 17.1. The van der Waals surface area contributed by atoms with Gasteiger partial charge in [-0.1, -0.05) is 6.92 Å². The number of carbonyl (C=O) groups excluding carboxylic acids is 1. The summed E-state index contributed by atoms with van der Waals surface area (Å²) in [4.78, 5) is 19.1. The van der Waals surface area contributed by atoms with E-state index in [-0.39, 0.29) is 11.9 Å². The third kappa shape index (κ3) is 3.26. The maximum absolute atomic E-state index is 13.2. The van der Waals surface area contributed by atoms with Crippen LogP contribution in [0.2, 0.25) is 0 Å². The maximum Gasteiger partial charge on any atom is 0.259 e. The van der Waals surface area contributed by atoms with Crippen LogP contribution in [0.1, 0.15) is 36.2 Å². The number of carbonyl (C=O) groups is 1. The Hall–Kier alpha value is -2.72. The van der Waals surface area contributed by atoms with Crippen molar-refractivity contribution in [3.05, 3.63) is 58.5 Å². The topological polar surface area (TPSA) is 74.3 Å². The Balaban J connectivity index is 2.03. The molecule has 0 aliphatic rings. The summed E-state index contributed by atoms with van der Waals surface area (Å²) in [6, 6.07) is 8.93. The molecule has 3 heterocycles. The van der Waals surface area contributed by atoms with E-state index >= 15 is 0 Å². The average molecular weight is 398 g/mol. The smallest absolute Gasteiger partial charge is 0.259 e. The minimum Gasteiger partial charge on any atom is -0.290 e. The van der Waals surface area contributed by atoms with Gasteiger partial charge in [-0.25, -0.2) is 9.50 Å². The number of rotatable bonds is 4. The number of nitrogens with zero attached hydrogens (tertiary/aromatic N) is 5. The van der Waals surface area contributed by atoms with Crippen LogP contribution >= 0.6 is 15.9 Å². The summed E-state index contributed by atoms with van der Waals surface area (Å²) < 4.78 is 2.53. The van der Waals surface area contributed by atoms with Gasteiger partial charge in [-0.3, -0.25) is 9.69 Å². The van der Waals surface area contributed by atoms with Gasteiger partial charge in [-0.05, 0) is 53.5 Å². The number of amides is 1. The molecular weight excluding hydrogens is 382 g/mol. The first-order valence-corrected chi connectivity index (χ1v) is 8.67. The summed E-state index contributed by atoms with van der Waals surface area (Å²) in [6.07, 6.45) is 5.72. The maximum atomic E-state index is 13.2. The highest BCUT2D eigenvalue weighted by Crippen LogP contribution is 2.23.